The molecule has 1 spiro atoms. The summed E-state index contributed by atoms with van der Waals surface area (Å²) in [5, 5.41) is 0. The van der Waals surface area contributed by atoms with E-state index in [0.29, 0.717) is 6.61 Å². The Kier molecular flexibility index (Phi) is 15.5. The quantitative estimate of drug-likeness (QED) is 0.0781. The van der Waals surface area contributed by atoms with E-state index >= 15 is 0 Å². The maximum Gasteiger partial charge on any atom is 0.348 e. The maximum absolute atomic E-state index is 14.0. The van der Waals surface area contributed by atoms with Crippen molar-refractivity contribution >= 4 is 23.7 Å². The van der Waals surface area contributed by atoms with Crippen LogP contribution in [0.3, 0.4) is 0 Å². The van der Waals surface area contributed by atoms with Gasteiger partial charge in [0.1, 0.15) is 29.8 Å². The molecular formula is C53H56O11S. The predicted molar refractivity (Wildman–Crippen MR) is 245 cm³/mol. The molecule has 0 aliphatic carbocycles. The SMILES string of the molecule is CC(C)(C)C(=O)OC[C@H]1OC(=O)C2=C(O[C@@]3(CS2)O[C@H](COCc2ccccc2)[C@@H](OCc2ccccc2)[C@H](OCc2ccccc2)[C@H]3OCc2ccccc2)[C@@H]1OCc1ccccc1. The van der Waals surface area contributed by atoms with E-state index in [1.54, 1.807) is 20.8 Å². The predicted octanol–water partition coefficient (Wildman–Crippen LogP) is 9.13. The molecule has 0 unspecified atom stereocenters. The lowest BCUT2D eigenvalue weighted by Gasteiger charge is -2.54. The molecule has 12 heteroatoms. The molecule has 7 atom stereocenters. The molecule has 0 N–H and O–H groups in total. The largest absolute Gasteiger partial charge is 0.461 e. The molecule has 340 valence electrons. The van der Waals surface area contributed by atoms with E-state index in [4.69, 9.17) is 42.6 Å². The Morgan fingerprint density at radius 2 is 1.06 bits per heavy atom. The van der Waals surface area contributed by atoms with E-state index in [2.05, 4.69) is 0 Å². The third kappa shape index (κ3) is 11.9. The minimum absolute atomic E-state index is 0.105. The molecule has 3 aliphatic heterocycles. The Labute approximate surface area is 385 Å². The maximum atomic E-state index is 14.0. The molecule has 11 nitrogen and oxygen atoms in total. The van der Waals surface area contributed by atoms with Crippen LogP contribution in [0.1, 0.15) is 48.6 Å². The van der Waals surface area contributed by atoms with Crippen LogP contribution in [0.15, 0.2) is 162 Å². The van der Waals surface area contributed by atoms with Crippen LogP contribution in [-0.4, -0.2) is 73.3 Å². The summed E-state index contributed by atoms with van der Waals surface area (Å²) in [6.45, 7) is 6.28. The van der Waals surface area contributed by atoms with Crippen LogP contribution in [0.2, 0.25) is 0 Å². The topological polar surface area (TPSA) is 117 Å². The monoisotopic (exact) mass is 900 g/mol. The zero-order valence-electron chi connectivity index (χ0n) is 37.0. The van der Waals surface area contributed by atoms with Crippen molar-refractivity contribution in [1.82, 2.24) is 0 Å². The summed E-state index contributed by atoms with van der Waals surface area (Å²) in [5.74, 6) is -2.34. The molecule has 3 heterocycles. The lowest BCUT2D eigenvalue weighted by atomic mass is 9.91. The molecule has 8 rings (SSSR count). The first kappa shape index (κ1) is 46.2. The van der Waals surface area contributed by atoms with Crippen molar-refractivity contribution in [3.63, 3.8) is 0 Å². The molecule has 0 amide bonds. The second-order valence-corrected chi connectivity index (χ2v) is 18.3. The van der Waals surface area contributed by atoms with Crippen LogP contribution >= 0.6 is 11.8 Å². The standard InChI is InChI=1S/C53H56O11S/c1-52(2,3)51(55)61-35-42-44(57-30-38-21-11-5-12-22-38)46-48(50(54)62-42)65-36-53(64-46)49(60-33-41-27-17-8-18-28-41)47(59-32-40-25-15-7-16-26-40)45(58-31-39-23-13-6-14-24-39)43(63-53)34-56-29-37-19-9-4-10-20-37/h4-28,42-45,47,49H,29-36H2,1-3H3/t42-,43-,44-,45-,47+,49-,53-/m1/s1. The zero-order chi connectivity index (χ0) is 45.1. The fraction of sp³-hybridized carbons (Fsp3) is 0.358. The van der Waals surface area contributed by atoms with E-state index in [1.165, 1.54) is 11.8 Å². The number of esters is 2. The van der Waals surface area contributed by atoms with E-state index in [1.807, 2.05) is 152 Å². The Morgan fingerprint density at radius 1 is 0.600 bits per heavy atom. The normalized spacial score (nSPS) is 24.2. The first-order valence-corrected chi connectivity index (χ1v) is 23.0. The summed E-state index contributed by atoms with van der Waals surface area (Å²) >= 11 is 1.24. The molecule has 0 aromatic heterocycles. The minimum Gasteiger partial charge on any atom is -0.461 e. The summed E-state index contributed by atoms with van der Waals surface area (Å²) in [5.41, 5.74) is 3.93. The number of benzene rings is 5. The molecule has 3 aliphatic rings. The highest BCUT2D eigenvalue weighted by molar-refractivity contribution is 8.04. The summed E-state index contributed by atoms with van der Waals surface area (Å²) in [7, 11) is 0. The van der Waals surface area contributed by atoms with Gasteiger partial charge in [-0.05, 0) is 48.6 Å². The summed E-state index contributed by atoms with van der Waals surface area (Å²) in [6, 6.07) is 49.3. The van der Waals surface area contributed by atoms with Gasteiger partial charge in [0.15, 0.2) is 24.1 Å². The third-order valence-corrected chi connectivity index (χ3v) is 12.4. The lowest BCUT2D eigenvalue weighted by molar-refractivity contribution is -0.369. The van der Waals surface area contributed by atoms with Crippen LogP contribution in [0.4, 0.5) is 0 Å². The zero-order valence-corrected chi connectivity index (χ0v) is 37.8. The van der Waals surface area contributed by atoms with Gasteiger partial charge < -0.3 is 42.6 Å². The Bertz CT molecular complexity index is 2310. The van der Waals surface area contributed by atoms with Crippen molar-refractivity contribution < 1.29 is 52.2 Å². The number of hydrogen-bond acceptors (Lipinski definition) is 12. The Hall–Kier alpha value is -5.31. The number of hydrogen-bond donors (Lipinski definition) is 0. The highest BCUT2D eigenvalue weighted by Crippen LogP contribution is 2.49. The summed E-state index contributed by atoms with van der Waals surface area (Å²) < 4.78 is 60.4. The van der Waals surface area contributed by atoms with Crippen LogP contribution < -0.4 is 0 Å². The smallest absolute Gasteiger partial charge is 0.348 e. The van der Waals surface area contributed by atoms with Crippen molar-refractivity contribution in [3.8, 4) is 0 Å². The van der Waals surface area contributed by atoms with Crippen molar-refractivity contribution in [3.05, 3.63) is 190 Å². The van der Waals surface area contributed by atoms with E-state index < -0.39 is 59.8 Å². The number of carbonyl (C=O) groups is 2. The highest BCUT2D eigenvalue weighted by Gasteiger charge is 2.62. The van der Waals surface area contributed by atoms with Gasteiger partial charge in [-0.15, -0.1) is 11.8 Å². The molecule has 65 heavy (non-hydrogen) atoms. The van der Waals surface area contributed by atoms with Gasteiger partial charge in [-0.2, -0.15) is 0 Å². The Balaban J connectivity index is 1.19. The average Bonchev–Trinajstić information content (AvgIpc) is 3.33. The number of thioether (sulfide) groups is 1. The molecule has 5 aromatic rings. The van der Waals surface area contributed by atoms with Gasteiger partial charge in [0, 0.05) is 0 Å². The first-order valence-electron chi connectivity index (χ1n) is 22.0. The van der Waals surface area contributed by atoms with Gasteiger partial charge in [-0.3, -0.25) is 4.79 Å². The van der Waals surface area contributed by atoms with Crippen molar-refractivity contribution in [1.29, 1.82) is 0 Å². The van der Waals surface area contributed by atoms with E-state index in [-0.39, 0.29) is 56.1 Å². The van der Waals surface area contributed by atoms with Gasteiger partial charge in [0.05, 0.1) is 50.8 Å². The highest BCUT2D eigenvalue weighted by atomic mass is 32.2. The van der Waals surface area contributed by atoms with Gasteiger partial charge >= 0.3 is 11.9 Å². The molecule has 0 radical (unpaired) electrons. The van der Waals surface area contributed by atoms with Gasteiger partial charge in [0.25, 0.3) is 0 Å². The summed E-state index contributed by atoms with van der Waals surface area (Å²) in [6.07, 6.45) is -5.27. The van der Waals surface area contributed by atoms with Gasteiger partial charge in [-0.25, -0.2) is 4.79 Å². The van der Waals surface area contributed by atoms with Crippen LogP contribution in [0.25, 0.3) is 0 Å². The van der Waals surface area contributed by atoms with Gasteiger partial charge in [0.2, 0.25) is 5.79 Å². The van der Waals surface area contributed by atoms with Crippen molar-refractivity contribution in [2.45, 2.75) is 96.2 Å². The average molecular weight is 901 g/mol. The third-order valence-electron chi connectivity index (χ3n) is 11.2. The van der Waals surface area contributed by atoms with Crippen LogP contribution in [0.5, 0.6) is 0 Å². The fourth-order valence-electron chi connectivity index (χ4n) is 7.83. The molecule has 0 bridgehead atoms. The second-order valence-electron chi connectivity index (χ2n) is 17.3. The molecule has 5 aromatic carbocycles. The van der Waals surface area contributed by atoms with Crippen molar-refractivity contribution in [2.75, 3.05) is 19.0 Å². The molecule has 0 saturated carbocycles. The molecule has 1 saturated heterocycles. The molecule has 1 fully saturated rings. The first-order chi connectivity index (χ1) is 31.6. The number of cyclic esters (lactones) is 1. The number of carbonyl (C=O) groups excluding carboxylic acids is 2. The van der Waals surface area contributed by atoms with Crippen LogP contribution in [0, 0.1) is 5.41 Å². The summed E-state index contributed by atoms with van der Waals surface area (Å²) in [4.78, 5) is 27.3. The van der Waals surface area contributed by atoms with Crippen LogP contribution in [-0.2, 0) is 85.3 Å². The molecular weight excluding hydrogens is 845 g/mol. The van der Waals surface area contributed by atoms with E-state index in [0.717, 1.165) is 27.8 Å². The fourth-order valence-corrected chi connectivity index (χ4v) is 8.93. The van der Waals surface area contributed by atoms with E-state index in [9.17, 15) is 9.59 Å². The van der Waals surface area contributed by atoms with Crippen molar-refractivity contribution in [2.24, 2.45) is 5.41 Å². The lowest BCUT2D eigenvalue weighted by Crippen LogP contribution is -2.70. The van der Waals surface area contributed by atoms with Gasteiger partial charge in [-0.1, -0.05) is 152 Å². The number of ether oxygens (including phenoxy) is 9. The number of rotatable bonds is 18. The minimum atomic E-state index is -1.59. The Morgan fingerprint density at radius 3 is 1.57 bits per heavy atom. The second kappa shape index (κ2) is 21.8.